The number of ether oxygens (including phenoxy) is 1. The molecule has 16 heteroatoms. The molecule has 0 amide bonds. The van der Waals surface area contributed by atoms with Crippen LogP contribution in [0.1, 0.15) is 20.1 Å². The van der Waals surface area contributed by atoms with Crippen molar-refractivity contribution in [2.24, 2.45) is 0 Å². The third-order valence-corrected chi connectivity index (χ3v) is 7.59. The van der Waals surface area contributed by atoms with Gasteiger partial charge in [0.15, 0.2) is 28.9 Å². The van der Waals surface area contributed by atoms with Gasteiger partial charge in [0.05, 0.1) is 12.9 Å². The summed E-state index contributed by atoms with van der Waals surface area (Å²) in [5.41, 5.74) is -1.75. The molecule has 4 rings (SSSR count). The van der Waals surface area contributed by atoms with Crippen LogP contribution in [0.15, 0.2) is 36.7 Å². The van der Waals surface area contributed by atoms with Crippen LogP contribution in [0.25, 0.3) is 11.2 Å². The predicted molar refractivity (Wildman–Crippen MR) is 135 cm³/mol. The highest BCUT2D eigenvalue weighted by Crippen LogP contribution is 2.48. The van der Waals surface area contributed by atoms with Gasteiger partial charge in [-0.1, -0.05) is 18.2 Å². The molecule has 0 radical (unpaired) electrons. The number of aliphatic carboxylic acids is 1. The zero-order chi connectivity index (χ0) is 27.7. The zero-order valence-electron chi connectivity index (χ0n) is 21.0. The van der Waals surface area contributed by atoms with E-state index in [1.54, 1.807) is 32.3 Å². The summed E-state index contributed by atoms with van der Waals surface area (Å²) in [6, 6.07) is 6.66. The number of imidazole rings is 1. The molecule has 14 nitrogen and oxygen atoms in total. The standard InChI is InChI=1S/C22H29FN7O7P/c1-12(19(32)33)29-38(34,37-13-8-6-5-7-9-13)35-10-14-16(31)22(2,23)20(36-14)30-11-26-15-17(24-3)27-21(25-4)28-18(15)30/h5-9,11-12,14,16,20,31H,10H2,1-4H3,(H,29,34)(H,32,33)(H2,24,25,27,28)/t12-,14+,16+,20+,22+,38?/m0/s1. The summed E-state index contributed by atoms with van der Waals surface area (Å²) in [6.07, 6.45) is -3.10. The second-order valence-corrected chi connectivity index (χ2v) is 10.4. The highest BCUT2D eigenvalue weighted by atomic mass is 31.2. The number of halogens is 1. The summed E-state index contributed by atoms with van der Waals surface area (Å²) in [5.74, 6) is -0.503. The Hall–Kier alpha value is -3.36. The van der Waals surface area contributed by atoms with E-state index in [0.717, 1.165) is 6.92 Å². The summed E-state index contributed by atoms with van der Waals surface area (Å²) in [5, 5.41) is 28.1. The number of aromatic nitrogens is 4. The van der Waals surface area contributed by atoms with Crippen LogP contribution in [0.4, 0.5) is 16.2 Å². The van der Waals surface area contributed by atoms with Gasteiger partial charge in [-0.05, 0) is 26.0 Å². The number of aliphatic hydroxyl groups excluding tert-OH is 1. The molecule has 0 aliphatic carbocycles. The molecule has 1 aromatic carbocycles. The zero-order valence-corrected chi connectivity index (χ0v) is 21.9. The van der Waals surface area contributed by atoms with Crippen LogP contribution < -0.4 is 20.2 Å². The third-order valence-electron chi connectivity index (χ3n) is 5.95. The van der Waals surface area contributed by atoms with Crippen molar-refractivity contribution < 1.29 is 37.7 Å². The molecule has 0 spiro atoms. The summed E-state index contributed by atoms with van der Waals surface area (Å²) < 4.78 is 47.5. The Bertz CT molecular complexity index is 1340. The monoisotopic (exact) mass is 553 g/mol. The number of anilines is 2. The van der Waals surface area contributed by atoms with Crippen molar-refractivity contribution in [3.63, 3.8) is 0 Å². The first-order valence-corrected chi connectivity index (χ1v) is 13.2. The molecule has 3 aromatic rings. The van der Waals surface area contributed by atoms with Crippen molar-refractivity contribution in [3.05, 3.63) is 36.7 Å². The first-order valence-electron chi connectivity index (χ1n) is 11.6. The lowest BCUT2D eigenvalue weighted by Crippen LogP contribution is -2.41. The fourth-order valence-corrected chi connectivity index (χ4v) is 5.41. The van der Waals surface area contributed by atoms with E-state index in [4.69, 9.17) is 13.8 Å². The van der Waals surface area contributed by atoms with Gasteiger partial charge in [0.2, 0.25) is 5.95 Å². The van der Waals surface area contributed by atoms with Gasteiger partial charge in [0, 0.05) is 14.1 Å². The molecule has 1 unspecified atom stereocenters. The SMILES string of the molecule is CNc1nc(NC)c2ncn([C@@H]3O[C@H](COP(=O)(N[C@@H](C)C(=O)O)Oc4ccccc4)[C@@H](O)[C@@]3(C)F)c2n1. The maximum absolute atomic E-state index is 15.9. The number of para-hydroxylation sites is 1. The van der Waals surface area contributed by atoms with E-state index < -0.39 is 50.5 Å². The maximum atomic E-state index is 15.9. The molecule has 1 aliphatic heterocycles. The Morgan fingerprint density at radius 1 is 1.29 bits per heavy atom. The molecule has 3 heterocycles. The smallest absolute Gasteiger partial charge is 0.459 e. The average Bonchev–Trinajstić information content (AvgIpc) is 3.40. The molecule has 1 saturated heterocycles. The Morgan fingerprint density at radius 2 is 2.00 bits per heavy atom. The largest absolute Gasteiger partial charge is 0.480 e. The van der Waals surface area contributed by atoms with Crippen LogP contribution >= 0.6 is 7.75 Å². The van der Waals surface area contributed by atoms with Crippen LogP contribution in [0, 0.1) is 0 Å². The van der Waals surface area contributed by atoms with Gasteiger partial charge in [-0.2, -0.15) is 15.1 Å². The molecule has 6 atom stereocenters. The number of carboxylic acid groups (broad SMARTS) is 1. The fourth-order valence-electron chi connectivity index (χ4n) is 3.90. The summed E-state index contributed by atoms with van der Waals surface area (Å²) >= 11 is 0. The minimum absolute atomic E-state index is 0.146. The predicted octanol–water partition coefficient (Wildman–Crippen LogP) is 2.16. The Labute approximate surface area is 217 Å². The van der Waals surface area contributed by atoms with E-state index >= 15 is 4.39 Å². The molecule has 38 heavy (non-hydrogen) atoms. The van der Waals surface area contributed by atoms with Gasteiger partial charge in [0.25, 0.3) is 0 Å². The number of nitrogens with one attached hydrogen (secondary N) is 3. The van der Waals surface area contributed by atoms with Crippen molar-refractivity contribution in [1.82, 2.24) is 24.6 Å². The second-order valence-electron chi connectivity index (χ2n) is 8.73. The Morgan fingerprint density at radius 3 is 2.63 bits per heavy atom. The number of rotatable bonds is 11. The molecular formula is C22H29FN7O7P. The van der Waals surface area contributed by atoms with E-state index in [1.165, 1.54) is 30.0 Å². The van der Waals surface area contributed by atoms with Crippen molar-refractivity contribution in [2.75, 3.05) is 31.3 Å². The second kappa shape index (κ2) is 10.8. The fraction of sp³-hybridized carbons (Fsp3) is 0.455. The van der Waals surface area contributed by atoms with Crippen LogP contribution in [0.5, 0.6) is 5.75 Å². The van der Waals surface area contributed by atoms with E-state index in [0.29, 0.717) is 11.3 Å². The van der Waals surface area contributed by atoms with Crippen molar-refractivity contribution in [3.8, 4) is 5.75 Å². The molecule has 0 saturated carbocycles. The van der Waals surface area contributed by atoms with Crippen LogP contribution in [-0.2, 0) is 18.6 Å². The minimum atomic E-state index is -4.31. The highest BCUT2D eigenvalue weighted by molar-refractivity contribution is 7.52. The van der Waals surface area contributed by atoms with Gasteiger partial charge in [-0.3, -0.25) is 13.9 Å². The van der Waals surface area contributed by atoms with Crippen molar-refractivity contribution >= 4 is 36.6 Å². The van der Waals surface area contributed by atoms with Crippen molar-refractivity contribution in [2.45, 2.75) is 44.0 Å². The lowest BCUT2D eigenvalue weighted by Gasteiger charge is -2.25. The van der Waals surface area contributed by atoms with E-state index in [1.807, 2.05) is 0 Å². The lowest BCUT2D eigenvalue weighted by atomic mass is 9.98. The average molecular weight is 553 g/mol. The number of nitrogens with zero attached hydrogens (tertiary/aromatic N) is 4. The van der Waals surface area contributed by atoms with E-state index in [2.05, 4.69) is 30.7 Å². The molecular weight excluding hydrogens is 524 g/mol. The number of hydrogen-bond acceptors (Lipinski definition) is 11. The maximum Gasteiger partial charge on any atom is 0.459 e. The lowest BCUT2D eigenvalue weighted by molar-refractivity contribution is -0.138. The molecule has 0 bridgehead atoms. The molecule has 1 aliphatic rings. The van der Waals surface area contributed by atoms with Crippen LogP contribution in [0.2, 0.25) is 0 Å². The molecule has 5 N–H and O–H groups in total. The summed E-state index contributed by atoms with van der Waals surface area (Å²) in [6.45, 7) is 1.82. The number of fused-ring (bicyclic) bond motifs is 1. The topological polar surface area (TPSA) is 182 Å². The Balaban J connectivity index is 1.59. The summed E-state index contributed by atoms with van der Waals surface area (Å²) in [4.78, 5) is 24.2. The number of alkyl halides is 1. The van der Waals surface area contributed by atoms with Gasteiger partial charge in [0.1, 0.15) is 24.0 Å². The number of carboxylic acids is 1. The summed E-state index contributed by atoms with van der Waals surface area (Å²) in [7, 11) is -1.04. The molecule has 206 valence electrons. The van der Waals surface area contributed by atoms with Gasteiger partial charge >= 0.3 is 13.7 Å². The first kappa shape index (κ1) is 27.7. The quantitative estimate of drug-likeness (QED) is 0.218. The third kappa shape index (κ3) is 5.42. The van der Waals surface area contributed by atoms with E-state index in [-0.39, 0.29) is 17.3 Å². The number of hydrogen-bond donors (Lipinski definition) is 5. The van der Waals surface area contributed by atoms with E-state index in [9.17, 15) is 19.6 Å². The minimum Gasteiger partial charge on any atom is -0.480 e. The highest BCUT2D eigenvalue weighted by Gasteiger charge is 2.56. The van der Waals surface area contributed by atoms with Gasteiger partial charge in [-0.15, -0.1) is 0 Å². The number of carbonyl (C=O) groups is 1. The Kier molecular flexibility index (Phi) is 7.85. The van der Waals surface area contributed by atoms with Gasteiger partial charge in [-0.25, -0.2) is 13.9 Å². The first-order chi connectivity index (χ1) is 18.0. The normalized spacial score (nSPS) is 25.6. The molecule has 1 fully saturated rings. The number of benzene rings is 1. The van der Waals surface area contributed by atoms with Crippen LogP contribution in [0.3, 0.4) is 0 Å². The van der Waals surface area contributed by atoms with Crippen molar-refractivity contribution in [1.29, 1.82) is 0 Å². The molecule has 2 aromatic heterocycles. The van der Waals surface area contributed by atoms with Crippen LogP contribution in [-0.4, -0.2) is 80.3 Å². The number of aliphatic hydroxyl groups is 1. The van der Waals surface area contributed by atoms with Gasteiger partial charge < -0.3 is 30.1 Å².